The van der Waals surface area contributed by atoms with Gasteiger partial charge in [-0.1, -0.05) is 12.1 Å². The van der Waals surface area contributed by atoms with E-state index in [-0.39, 0.29) is 11.5 Å². The number of pyridine rings is 1. The molecule has 8 heteroatoms. The second kappa shape index (κ2) is 7.12. The van der Waals surface area contributed by atoms with Crippen LogP contribution in [-0.4, -0.2) is 51.9 Å². The van der Waals surface area contributed by atoms with Crippen molar-refractivity contribution in [3.05, 3.63) is 63.8 Å². The molecule has 0 atom stereocenters. The van der Waals surface area contributed by atoms with Crippen LogP contribution in [0.1, 0.15) is 21.5 Å². The predicted octanol–water partition coefficient (Wildman–Crippen LogP) is 1.46. The number of carbonyl (C=O) groups is 1. The van der Waals surface area contributed by atoms with Crippen molar-refractivity contribution in [2.75, 3.05) is 31.1 Å². The van der Waals surface area contributed by atoms with Crippen LogP contribution in [0, 0.1) is 18.3 Å². The van der Waals surface area contributed by atoms with Crippen molar-refractivity contribution >= 4 is 22.6 Å². The number of hydrogen-bond donors (Lipinski definition) is 1. The number of piperazine rings is 1. The fourth-order valence-corrected chi connectivity index (χ4v) is 3.51. The molecule has 0 radical (unpaired) electrons. The summed E-state index contributed by atoms with van der Waals surface area (Å²) < 4.78 is 0. The number of para-hydroxylation sites is 1. The maximum atomic E-state index is 12.9. The standard InChI is InChI=1S/C20H18N6O2/c1-13-15(10-21)19(27)22-11-16(13)20(28)26-8-6-25(7-9-26)18-14-4-2-3-5-17(14)23-12-24-18/h2-5,11-12H,6-9H2,1H3,(H,22,27). The number of fused-ring (bicyclic) bond motifs is 1. The van der Waals surface area contributed by atoms with E-state index < -0.39 is 5.56 Å². The molecule has 0 unspecified atom stereocenters. The number of nitrogens with zero attached hydrogens (tertiary/aromatic N) is 5. The van der Waals surface area contributed by atoms with Crippen molar-refractivity contribution in [2.24, 2.45) is 0 Å². The van der Waals surface area contributed by atoms with E-state index in [4.69, 9.17) is 5.26 Å². The molecule has 1 aliphatic rings. The Kier molecular flexibility index (Phi) is 4.49. The number of aromatic amines is 1. The van der Waals surface area contributed by atoms with Crippen LogP contribution in [0.3, 0.4) is 0 Å². The van der Waals surface area contributed by atoms with Gasteiger partial charge in [-0.25, -0.2) is 9.97 Å². The molecule has 1 fully saturated rings. The number of benzene rings is 1. The van der Waals surface area contributed by atoms with Gasteiger partial charge >= 0.3 is 0 Å². The highest BCUT2D eigenvalue weighted by molar-refractivity contribution is 5.96. The van der Waals surface area contributed by atoms with Crippen molar-refractivity contribution < 1.29 is 4.79 Å². The molecule has 0 bridgehead atoms. The topological polar surface area (TPSA) is 106 Å². The minimum Gasteiger partial charge on any atom is -0.352 e. The maximum Gasteiger partial charge on any atom is 0.266 e. The Balaban J connectivity index is 1.54. The van der Waals surface area contributed by atoms with Gasteiger partial charge < -0.3 is 14.8 Å². The van der Waals surface area contributed by atoms with Gasteiger partial charge in [-0.2, -0.15) is 5.26 Å². The van der Waals surface area contributed by atoms with Crippen LogP contribution in [0.4, 0.5) is 5.82 Å². The average Bonchev–Trinajstić information content (AvgIpc) is 2.73. The van der Waals surface area contributed by atoms with Gasteiger partial charge in [0, 0.05) is 37.8 Å². The largest absolute Gasteiger partial charge is 0.352 e. The molecule has 3 heterocycles. The Labute approximate surface area is 161 Å². The summed E-state index contributed by atoms with van der Waals surface area (Å²) in [4.78, 5) is 39.7. The Morgan fingerprint density at radius 1 is 1.18 bits per heavy atom. The third-order valence-corrected chi connectivity index (χ3v) is 5.08. The number of nitriles is 1. The number of nitrogens with one attached hydrogen (secondary N) is 1. The fraction of sp³-hybridized carbons (Fsp3) is 0.250. The molecule has 1 aliphatic heterocycles. The number of H-pyrrole nitrogens is 1. The molecule has 8 nitrogen and oxygen atoms in total. The number of aromatic nitrogens is 3. The summed E-state index contributed by atoms with van der Waals surface area (Å²) >= 11 is 0. The fourth-order valence-electron chi connectivity index (χ4n) is 3.51. The Morgan fingerprint density at radius 3 is 2.68 bits per heavy atom. The Bertz CT molecular complexity index is 1150. The van der Waals surface area contributed by atoms with E-state index in [9.17, 15) is 9.59 Å². The van der Waals surface area contributed by atoms with Crippen molar-refractivity contribution in [3.8, 4) is 6.07 Å². The van der Waals surface area contributed by atoms with Gasteiger partial charge in [0.1, 0.15) is 23.8 Å². The van der Waals surface area contributed by atoms with Gasteiger partial charge in [-0.15, -0.1) is 0 Å². The molecule has 28 heavy (non-hydrogen) atoms. The lowest BCUT2D eigenvalue weighted by Gasteiger charge is -2.36. The van der Waals surface area contributed by atoms with Crippen LogP contribution in [0.25, 0.3) is 10.9 Å². The van der Waals surface area contributed by atoms with Crippen molar-refractivity contribution in [2.45, 2.75) is 6.92 Å². The molecule has 2 aromatic heterocycles. The van der Waals surface area contributed by atoms with Crippen LogP contribution in [0.2, 0.25) is 0 Å². The summed E-state index contributed by atoms with van der Waals surface area (Å²) in [6.45, 7) is 3.96. The van der Waals surface area contributed by atoms with E-state index in [0.29, 0.717) is 37.3 Å². The van der Waals surface area contributed by atoms with Crippen LogP contribution in [0.5, 0.6) is 0 Å². The second-order valence-electron chi connectivity index (χ2n) is 6.64. The number of rotatable bonds is 2. The Hall–Kier alpha value is -3.73. The van der Waals surface area contributed by atoms with Crippen molar-refractivity contribution in [1.29, 1.82) is 5.26 Å². The molecule has 1 N–H and O–H groups in total. The summed E-state index contributed by atoms with van der Waals surface area (Å²) in [5, 5.41) is 10.1. The minimum absolute atomic E-state index is 0.0167. The molecular weight excluding hydrogens is 356 g/mol. The molecule has 1 saturated heterocycles. The summed E-state index contributed by atoms with van der Waals surface area (Å²) in [6, 6.07) is 9.72. The monoisotopic (exact) mass is 374 g/mol. The zero-order chi connectivity index (χ0) is 19.7. The first-order valence-corrected chi connectivity index (χ1v) is 8.96. The van der Waals surface area contributed by atoms with Crippen LogP contribution in [-0.2, 0) is 0 Å². The van der Waals surface area contributed by atoms with Gasteiger partial charge in [-0.05, 0) is 24.6 Å². The van der Waals surface area contributed by atoms with Crippen LogP contribution < -0.4 is 10.5 Å². The highest BCUT2D eigenvalue weighted by atomic mass is 16.2. The summed E-state index contributed by atoms with van der Waals surface area (Å²) in [6.07, 6.45) is 2.95. The molecule has 4 rings (SSSR count). The van der Waals surface area contributed by atoms with E-state index in [2.05, 4.69) is 19.9 Å². The third kappa shape index (κ3) is 2.97. The zero-order valence-corrected chi connectivity index (χ0v) is 15.3. The SMILES string of the molecule is Cc1c(C(=O)N2CCN(c3ncnc4ccccc34)CC2)c[nH]c(=O)c1C#N. The molecule has 140 valence electrons. The maximum absolute atomic E-state index is 12.9. The van der Waals surface area contributed by atoms with Crippen molar-refractivity contribution in [3.63, 3.8) is 0 Å². The second-order valence-corrected chi connectivity index (χ2v) is 6.64. The number of anilines is 1. The lowest BCUT2D eigenvalue weighted by molar-refractivity contribution is 0.0745. The minimum atomic E-state index is -0.475. The molecule has 3 aromatic rings. The molecule has 1 aromatic carbocycles. The van der Waals surface area contributed by atoms with Crippen molar-refractivity contribution in [1.82, 2.24) is 19.9 Å². The van der Waals surface area contributed by atoms with Crippen LogP contribution in [0.15, 0.2) is 41.6 Å². The molecule has 0 saturated carbocycles. The predicted molar refractivity (Wildman–Crippen MR) is 104 cm³/mol. The quantitative estimate of drug-likeness (QED) is 0.728. The molecule has 0 aliphatic carbocycles. The third-order valence-electron chi connectivity index (χ3n) is 5.08. The first-order valence-electron chi connectivity index (χ1n) is 8.96. The smallest absolute Gasteiger partial charge is 0.266 e. The number of hydrogen-bond acceptors (Lipinski definition) is 6. The first-order chi connectivity index (χ1) is 13.6. The van der Waals surface area contributed by atoms with E-state index in [1.807, 2.05) is 30.3 Å². The molecule has 1 amide bonds. The molecular formula is C20H18N6O2. The summed E-state index contributed by atoms with van der Waals surface area (Å²) in [5.41, 5.74) is 1.17. The van der Waals surface area contributed by atoms with E-state index in [0.717, 1.165) is 16.7 Å². The summed E-state index contributed by atoms with van der Waals surface area (Å²) in [7, 11) is 0. The number of amides is 1. The van der Waals surface area contributed by atoms with E-state index >= 15 is 0 Å². The average molecular weight is 374 g/mol. The lowest BCUT2D eigenvalue weighted by atomic mass is 10.1. The van der Waals surface area contributed by atoms with Gasteiger partial charge in [0.2, 0.25) is 0 Å². The first kappa shape index (κ1) is 17.7. The highest BCUT2D eigenvalue weighted by Gasteiger charge is 2.26. The van der Waals surface area contributed by atoms with E-state index in [1.54, 1.807) is 18.2 Å². The number of carbonyl (C=O) groups excluding carboxylic acids is 1. The van der Waals surface area contributed by atoms with Gasteiger partial charge in [0.15, 0.2) is 0 Å². The normalized spacial score (nSPS) is 14.1. The van der Waals surface area contributed by atoms with Crippen LogP contribution >= 0.6 is 0 Å². The highest BCUT2D eigenvalue weighted by Crippen LogP contribution is 2.24. The molecule has 0 spiro atoms. The van der Waals surface area contributed by atoms with Gasteiger partial charge in [0.05, 0.1) is 11.1 Å². The Morgan fingerprint density at radius 2 is 1.93 bits per heavy atom. The van der Waals surface area contributed by atoms with Gasteiger partial charge in [-0.3, -0.25) is 9.59 Å². The zero-order valence-electron chi connectivity index (χ0n) is 15.3. The van der Waals surface area contributed by atoms with Gasteiger partial charge in [0.25, 0.3) is 11.5 Å². The summed E-state index contributed by atoms with van der Waals surface area (Å²) in [5.74, 6) is 0.683. The van der Waals surface area contributed by atoms with E-state index in [1.165, 1.54) is 6.20 Å². The lowest BCUT2D eigenvalue weighted by Crippen LogP contribution is -2.49.